The molecule has 15 heavy (non-hydrogen) atoms. The van der Waals surface area contributed by atoms with E-state index in [-0.39, 0.29) is 17.0 Å². The van der Waals surface area contributed by atoms with Crippen LogP contribution < -0.4 is 5.32 Å². The molecule has 0 aliphatic carbocycles. The summed E-state index contributed by atoms with van der Waals surface area (Å²) >= 11 is 5.55. The van der Waals surface area contributed by atoms with Crippen LogP contribution in [0.5, 0.6) is 0 Å². The van der Waals surface area contributed by atoms with Crippen molar-refractivity contribution in [1.29, 1.82) is 0 Å². The molecule has 0 aromatic heterocycles. The van der Waals surface area contributed by atoms with Crippen LogP contribution in [0.15, 0.2) is 18.2 Å². The Kier molecular flexibility index (Phi) is 3.62. The highest BCUT2D eigenvalue weighted by Gasteiger charge is 2.19. The molecular formula is C9H7ClFNO3. The lowest BCUT2D eigenvalue weighted by Crippen LogP contribution is -2.27. The maximum Gasteiger partial charge on any atom is 0.330 e. The number of carbonyl (C=O) groups excluding carboxylic acids is 1. The maximum absolute atomic E-state index is 12.9. The Morgan fingerprint density at radius 2 is 2.20 bits per heavy atom. The number of carbonyl (C=O) groups is 2. The van der Waals surface area contributed by atoms with Crippen LogP contribution in [0.1, 0.15) is 11.6 Å². The first-order chi connectivity index (χ1) is 7.04. The van der Waals surface area contributed by atoms with Gasteiger partial charge in [0.15, 0.2) is 6.04 Å². The number of amides is 1. The highest BCUT2D eigenvalue weighted by Crippen LogP contribution is 2.19. The first-order valence-corrected chi connectivity index (χ1v) is 4.31. The number of hydrogen-bond donors (Lipinski definition) is 2. The van der Waals surface area contributed by atoms with Crippen molar-refractivity contribution in [3.8, 4) is 0 Å². The molecule has 1 atom stereocenters. The van der Waals surface area contributed by atoms with Crippen LogP contribution in [-0.2, 0) is 9.59 Å². The smallest absolute Gasteiger partial charge is 0.330 e. The molecule has 80 valence electrons. The molecule has 0 saturated carbocycles. The van der Waals surface area contributed by atoms with Crippen molar-refractivity contribution in [2.75, 3.05) is 0 Å². The van der Waals surface area contributed by atoms with E-state index in [1.807, 2.05) is 5.32 Å². The van der Waals surface area contributed by atoms with Gasteiger partial charge in [0.1, 0.15) is 5.82 Å². The summed E-state index contributed by atoms with van der Waals surface area (Å²) in [6.45, 7) is 0. The Morgan fingerprint density at radius 3 is 2.67 bits per heavy atom. The fourth-order valence-corrected chi connectivity index (χ4v) is 1.35. The van der Waals surface area contributed by atoms with Crippen molar-refractivity contribution < 1.29 is 19.1 Å². The van der Waals surface area contributed by atoms with Crippen molar-refractivity contribution in [3.05, 3.63) is 34.6 Å². The Labute approximate surface area is 89.7 Å². The number of nitrogens with one attached hydrogen (secondary N) is 1. The number of carboxylic acids is 1. The standard InChI is InChI=1S/C9H7ClFNO3/c10-6-1-5(2-7(11)3-6)8(9(14)15)12-4-13/h1-4,8H,(H,12,13)(H,14,15). The summed E-state index contributed by atoms with van der Waals surface area (Å²) in [5, 5.41) is 10.9. The van der Waals surface area contributed by atoms with Crippen LogP contribution >= 0.6 is 11.6 Å². The van der Waals surface area contributed by atoms with Gasteiger partial charge in [-0.15, -0.1) is 0 Å². The van der Waals surface area contributed by atoms with E-state index in [4.69, 9.17) is 16.7 Å². The molecule has 1 rings (SSSR count). The van der Waals surface area contributed by atoms with E-state index in [0.717, 1.165) is 12.1 Å². The molecule has 1 amide bonds. The molecule has 0 saturated heterocycles. The van der Waals surface area contributed by atoms with Gasteiger partial charge < -0.3 is 10.4 Å². The van der Waals surface area contributed by atoms with E-state index >= 15 is 0 Å². The molecule has 0 fully saturated rings. The lowest BCUT2D eigenvalue weighted by atomic mass is 10.1. The van der Waals surface area contributed by atoms with Crippen LogP contribution in [0.4, 0.5) is 4.39 Å². The Hall–Kier alpha value is -1.62. The minimum absolute atomic E-state index is 0.0731. The summed E-state index contributed by atoms with van der Waals surface area (Å²) in [6.07, 6.45) is 0.234. The fraction of sp³-hybridized carbons (Fsp3) is 0.111. The van der Waals surface area contributed by atoms with Crippen molar-refractivity contribution in [1.82, 2.24) is 5.32 Å². The highest BCUT2D eigenvalue weighted by molar-refractivity contribution is 6.30. The Balaban J connectivity index is 3.10. The monoisotopic (exact) mass is 231 g/mol. The van der Waals surface area contributed by atoms with Crippen LogP contribution in [0.2, 0.25) is 5.02 Å². The minimum atomic E-state index is -1.30. The average molecular weight is 232 g/mol. The van der Waals surface area contributed by atoms with Crippen molar-refractivity contribution >= 4 is 24.0 Å². The van der Waals surface area contributed by atoms with Gasteiger partial charge in [-0.25, -0.2) is 9.18 Å². The van der Waals surface area contributed by atoms with Gasteiger partial charge in [0, 0.05) is 5.02 Å². The second-order valence-electron chi connectivity index (χ2n) is 2.76. The number of rotatable bonds is 4. The zero-order valence-corrected chi connectivity index (χ0v) is 8.16. The second-order valence-corrected chi connectivity index (χ2v) is 3.19. The fourth-order valence-electron chi connectivity index (χ4n) is 1.12. The van der Waals surface area contributed by atoms with E-state index < -0.39 is 17.8 Å². The van der Waals surface area contributed by atoms with Gasteiger partial charge in [-0.05, 0) is 23.8 Å². The topological polar surface area (TPSA) is 66.4 Å². The maximum atomic E-state index is 12.9. The molecule has 0 heterocycles. The van der Waals surface area contributed by atoms with E-state index in [1.165, 1.54) is 6.07 Å². The molecule has 0 aliphatic rings. The molecular weight excluding hydrogens is 225 g/mol. The van der Waals surface area contributed by atoms with Gasteiger partial charge in [-0.2, -0.15) is 0 Å². The number of benzene rings is 1. The van der Waals surface area contributed by atoms with Gasteiger partial charge >= 0.3 is 5.97 Å². The third-order valence-corrected chi connectivity index (χ3v) is 1.92. The van der Waals surface area contributed by atoms with Crippen molar-refractivity contribution in [2.45, 2.75) is 6.04 Å². The zero-order valence-electron chi connectivity index (χ0n) is 7.41. The first kappa shape index (κ1) is 11.5. The molecule has 0 bridgehead atoms. The number of aliphatic carboxylic acids is 1. The van der Waals surface area contributed by atoms with Crippen LogP contribution in [0, 0.1) is 5.82 Å². The molecule has 0 radical (unpaired) electrons. The van der Waals surface area contributed by atoms with E-state index in [0.29, 0.717) is 0 Å². The summed E-state index contributed by atoms with van der Waals surface area (Å²) < 4.78 is 12.9. The molecule has 1 aromatic rings. The normalized spacial score (nSPS) is 11.9. The summed E-state index contributed by atoms with van der Waals surface area (Å²) in [4.78, 5) is 20.9. The number of carboxylic acid groups (broad SMARTS) is 1. The van der Waals surface area contributed by atoms with Gasteiger partial charge in [0.2, 0.25) is 6.41 Å². The number of halogens is 2. The quantitative estimate of drug-likeness (QED) is 0.769. The van der Waals surface area contributed by atoms with Crippen LogP contribution in [0.3, 0.4) is 0 Å². The lowest BCUT2D eigenvalue weighted by Gasteiger charge is -2.11. The molecule has 1 unspecified atom stereocenters. The SMILES string of the molecule is O=CNC(C(=O)O)c1cc(F)cc(Cl)c1. The molecule has 2 N–H and O–H groups in total. The van der Waals surface area contributed by atoms with Gasteiger partial charge in [0.05, 0.1) is 0 Å². The highest BCUT2D eigenvalue weighted by atomic mass is 35.5. The van der Waals surface area contributed by atoms with Crippen LogP contribution in [-0.4, -0.2) is 17.5 Å². The largest absolute Gasteiger partial charge is 0.479 e. The Morgan fingerprint density at radius 1 is 1.53 bits per heavy atom. The van der Waals surface area contributed by atoms with Gasteiger partial charge in [-0.3, -0.25) is 4.79 Å². The first-order valence-electron chi connectivity index (χ1n) is 3.93. The molecule has 0 aliphatic heterocycles. The summed E-state index contributed by atoms with van der Waals surface area (Å²) in [5.41, 5.74) is 0.0830. The zero-order chi connectivity index (χ0) is 11.4. The van der Waals surface area contributed by atoms with Crippen LogP contribution in [0.25, 0.3) is 0 Å². The number of hydrogen-bond acceptors (Lipinski definition) is 2. The van der Waals surface area contributed by atoms with E-state index in [2.05, 4.69) is 0 Å². The third kappa shape index (κ3) is 2.92. The lowest BCUT2D eigenvalue weighted by molar-refractivity contribution is -0.140. The predicted octanol–water partition coefficient (Wildman–Crippen LogP) is 1.35. The summed E-state index contributed by atoms with van der Waals surface area (Å²) in [6, 6.07) is 2.03. The van der Waals surface area contributed by atoms with E-state index in [9.17, 15) is 14.0 Å². The summed E-state index contributed by atoms with van der Waals surface area (Å²) in [5.74, 6) is -1.94. The molecule has 4 nitrogen and oxygen atoms in total. The molecule has 0 spiro atoms. The average Bonchev–Trinajstić information content (AvgIpc) is 2.11. The van der Waals surface area contributed by atoms with Gasteiger partial charge in [-0.1, -0.05) is 11.6 Å². The Bertz CT molecular complexity index is 377. The summed E-state index contributed by atoms with van der Waals surface area (Å²) in [7, 11) is 0. The second kappa shape index (κ2) is 4.75. The van der Waals surface area contributed by atoms with E-state index in [1.54, 1.807) is 0 Å². The van der Waals surface area contributed by atoms with Crippen molar-refractivity contribution in [3.63, 3.8) is 0 Å². The minimum Gasteiger partial charge on any atom is -0.479 e. The predicted molar refractivity (Wildman–Crippen MR) is 51.0 cm³/mol. The third-order valence-electron chi connectivity index (χ3n) is 1.70. The molecule has 1 aromatic carbocycles. The van der Waals surface area contributed by atoms with Gasteiger partial charge in [0.25, 0.3) is 0 Å². The van der Waals surface area contributed by atoms with Crippen molar-refractivity contribution in [2.24, 2.45) is 0 Å². The molecule has 6 heteroatoms.